The number of halogens is 1. The van der Waals surface area contributed by atoms with Crippen LogP contribution in [-0.2, 0) is 6.54 Å². The summed E-state index contributed by atoms with van der Waals surface area (Å²) in [7, 11) is 0. The molecule has 2 aromatic heterocycles. The predicted molar refractivity (Wildman–Crippen MR) is 55.1 cm³/mol. The fraction of sp³-hybridized carbons (Fsp3) is 0.125. The summed E-state index contributed by atoms with van der Waals surface area (Å²) >= 11 is 7.48. The van der Waals surface area contributed by atoms with Crippen molar-refractivity contribution in [2.45, 2.75) is 6.54 Å². The second-order valence-corrected chi connectivity index (χ2v) is 4.15. The molecule has 0 atom stereocenters. The maximum Gasteiger partial charge on any atom is 0.200 e. The van der Waals surface area contributed by atoms with Crippen molar-refractivity contribution in [1.29, 1.82) is 0 Å². The summed E-state index contributed by atoms with van der Waals surface area (Å²) in [5.41, 5.74) is 6.70. The summed E-state index contributed by atoms with van der Waals surface area (Å²) in [6, 6.07) is 1.99. The Morgan fingerprint density at radius 1 is 1.62 bits per heavy atom. The molecule has 0 amide bonds. The first-order valence-electron chi connectivity index (χ1n) is 3.76. The molecule has 68 valence electrons. The molecule has 5 heteroatoms. The van der Waals surface area contributed by atoms with Crippen LogP contribution in [0.25, 0.3) is 0 Å². The van der Waals surface area contributed by atoms with Gasteiger partial charge in [-0.15, -0.1) is 11.3 Å². The largest absolute Gasteiger partial charge is 0.369 e. The van der Waals surface area contributed by atoms with Crippen LogP contribution >= 0.6 is 22.9 Å². The van der Waals surface area contributed by atoms with Gasteiger partial charge in [0.25, 0.3) is 0 Å². The Kier molecular flexibility index (Phi) is 2.24. The summed E-state index contributed by atoms with van der Waals surface area (Å²) in [5.74, 6) is 0.516. The molecule has 0 fully saturated rings. The fourth-order valence-electron chi connectivity index (χ4n) is 1.09. The minimum atomic E-state index is 0.516. The topological polar surface area (TPSA) is 43.8 Å². The van der Waals surface area contributed by atoms with Crippen LogP contribution in [0.5, 0.6) is 0 Å². The van der Waals surface area contributed by atoms with Crippen molar-refractivity contribution < 1.29 is 0 Å². The first-order chi connectivity index (χ1) is 6.27. The Hall–Kier alpha value is -1.00. The molecule has 0 bridgehead atoms. The fourth-order valence-corrected chi connectivity index (χ4v) is 2.00. The minimum absolute atomic E-state index is 0.516. The number of nitrogen functional groups attached to an aromatic ring is 1. The molecular formula is C8H8ClN3S. The number of imidazole rings is 1. The Bertz CT molecular complexity index is 369. The van der Waals surface area contributed by atoms with Crippen LogP contribution in [0.15, 0.2) is 23.8 Å². The van der Waals surface area contributed by atoms with Crippen molar-refractivity contribution in [3.63, 3.8) is 0 Å². The van der Waals surface area contributed by atoms with Gasteiger partial charge in [-0.05, 0) is 11.4 Å². The van der Waals surface area contributed by atoms with E-state index in [1.165, 1.54) is 11.3 Å². The number of nitrogens with zero attached hydrogens (tertiary/aromatic N) is 2. The van der Waals surface area contributed by atoms with Crippen molar-refractivity contribution in [3.05, 3.63) is 33.7 Å². The van der Waals surface area contributed by atoms with Gasteiger partial charge in [0.05, 0.1) is 10.9 Å². The lowest BCUT2D eigenvalue weighted by atomic mass is 10.3. The third-order valence-corrected chi connectivity index (χ3v) is 3.03. The first-order valence-corrected chi connectivity index (χ1v) is 5.01. The maximum absolute atomic E-state index is 5.95. The highest BCUT2D eigenvalue weighted by atomic mass is 35.5. The van der Waals surface area contributed by atoms with Crippen molar-refractivity contribution in [2.24, 2.45) is 0 Å². The zero-order valence-electron chi connectivity index (χ0n) is 6.77. The van der Waals surface area contributed by atoms with E-state index in [1.54, 1.807) is 6.20 Å². The summed E-state index contributed by atoms with van der Waals surface area (Å²) in [5, 5.41) is 1.96. The van der Waals surface area contributed by atoms with Gasteiger partial charge in [0.1, 0.15) is 0 Å². The first kappa shape index (κ1) is 8.59. The molecule has 2 aromatic rings. The minimum Gasteiger partial charge on any atom is -0.369 e. The molecule has 13 heavy (non-hydrogen) atoms. The quantitative estimate of drug-likeness (QED) is 0.832. The molecule has 0 aliphatic rings. The molecule has 0 aliphatic carbocycles. The number of nitrogens with two attached hydrogens (primary N) is 1. The third kappa shape index (κ3) is 1.68. The molecule has 3 nitrogen and oxygen atoms in total. The van der Waals surface area contributed by atoms with Gasteiger partial charge in [-0.25, -0.2) is 4.98 Å². The third-order valence-electron chi connectivity index (χ3n) is 1.78. The lowest BCUT2D eigenvalue weighted by Gasteiger charge is -2.02. The molecule has 0 saturated heterocycles. The average Bonchev–Trinajstić information content (AvgIpc) is 2.65. The average molecular weight is 214 g/mol. The Morgan fingerprint density at radius 2 is 2.46 bits per heavy atom. The normalized spacial score (nSPS) is 10.5. The van der Waals surface area contributed by atoms with Crippen molar-refractivity contribution in [2.75, 3.05) is 5.73 Å². The van der Waals surface area contributed by atoms with Crippen molar-refractivity contribution in [3.8, 4) is 0 Å². The van der Waals surface area contributed by atoms with E-state index < -0.39 is 0 Å². The van der Waals surface area contributed by atoms with Crippen LogP contribution in [-0.4, -0.2) is 9.55 Å². The molecule has 2 N–H and O–H groups in total. The van der Waals surface area contributed by atoms with E-state index in [4.69, 9.17) is 17.3 Å². The zero-order valence-corrected chi connectivity index (χ0v) is 8.35. The Balaban J connectivity index is 2.24. The van der Waals surface area contributed by atoms with Gasteiger partial charge in [0.15, 0.2) is 5.95 Å². The molecular weight excluding hydrogens is 206 g/mol. The SMILES string of the molecule is Nc1nccn1Cc1ccsc1Cl. The lowest BCUT2D eigenvalue weighted by molar-refractivity contribution is 0.814. The highest BCUT2D eigenvalue weighted by Crippen LogP contribution is 2.23. The molecule has 0 aromatic carbocycles. The highest BCUT2D eigenvalue weighted by Gasteiger charge is 2.03. The number of hydrogen-bond acceptors (Lipinski definition) is 3. The maximum atomic E-state index is 5.95. The number of hydrogen-bond donors (Lipinski definition) is 1. The van der Waals surface area contributed by atoms with Gasteiger partial charge in [0, 0.05) is 18.0 Å². The summed E-state index contributed by atoms with van der Waals surface area (Å²) in [6.45, 7) is 0.689. The van der Waals surface area contributed by atoms with Crippen molar-refractivity contribution in [1.82, 2.24) is 9.55 Å². The zero-order chi connectivity index (χ0) is 9.26. The van der Waals surface area contributed by atoms with Crippen LogP contribution in [0.2, 0.25) is 4.34 Å². The number of anilines is 1. The van der Waals surface area contributed by atoms with Gasteiger partial charge in [-0.2, -0.15) is 0 Å². The van der Waals surface area contributed by atoms with E-state index in [-0.39, 0.29) is 0 Å². The predicted octanol–water partition coefficient (Wildman–Crippen LogP) is 2.23. The second-order valence-electron chi connectivity index (χ2n) is 2.63. The van der Waals surface area contributed by atoms with E-state index in [9.17, 15) is 0 Å². The second kappa shape index (κ2) is 3.40. The van der Waals surface area contributed by atoms with Crippen LogP contribution in [0.4, 0.5) is 5.95 Å². The van der Waals surface area contributed by atoms with E-state index in [0.29, 0.717) is 12.5 Å². The Morgan fingerprint density at radius 3 is 3.00 bits per heavy atom. The number of thiophene rings is 1. The molecule has 0 saturated carbocycles. The smallest absolute Gasteiger partial charge is 0.200 e. The van der Waals surface area contributed by atoms with Gasteiger partial charge >= 0.3 is 0 Å². The van der Waals surface area contributed by atoms with E-state index in [2.05, 4.69) is 4.98 Å². The van der Waals surface area contributed by atoms with Crippen LogP contribution in [0.1, 0.15) is 5.56 Å². The van der Waals surface area contributed by atoms with Gasteiger partial charge < -0.3 is 10.3 Å². The van der Waals surface area contributed by atoms with Crippen LogP contribution in [0, 0.1) is 0 Å². The van der Waals surface area contributed by atoms with E-state index >= 15 is 0 Å². The Labute approximate surface area is 84.8 Å². The number of rotatable bonds is 2. The molecule has 2 rings (SSSR count). The lowest BCUT2D eigenvalue weighted by Crippen LogP contribution is -2.02. The standard InChI is InChI=1S/C8H8ClN3S/c9-7-6(1-4-13-7)5-12-3-2-11-8(12)10/h1-4H,5H2,(H2,10,11). The van der Waals surface area contributed by atoms with Gasteiger partial charge in [-0.3, -0.25) is 0 Å². The van der Waals surface area contributed by atoms with Crippen molar-refractivity contribution >= 4 is 28.9 Å². The monoisotopic (exact) mass is 213 g/mol. The molecule has 2 heterocycles. The molecule has 0 radical (unpaired) electrons. The van der Waals surface area contributed by atoms with Gasteiger partial charge in [0.2, 0.25) is 0 Å². The van der Waals surface area contributed by atoms with Crippen LogP contribution in [0.3, 0.4) is 0 Å². The van der Waals surface area contributed by atoms with E-state index in [0.717, 1.165) is 9.90 Å². The highest BCUT2D eigenvalue weighted by molar-refractivity contribution is 7.14. The van der Waals surface area contributed by atoms with Crippen LogP contribution < -0.4 is 5.73 Å². The summed E-state index contributed by atoms with van der Waals surface area (Å²) in [4.78, 5) is 3.93. The van der Waals surface area contributed by atoms with E-state index in [1.807, 2.05) is 22.2 Å². The van der Waals surface area contributed by atoms with Gasteiger partial charge in [-0.1, -0.05) is 11.6 Å². The summed E-state index contributed by atoms with van der Waals surface area (Å²) < 4.78 is 2.67. The number of aromatic nitrogens is 2. The molecule has 0 spiro atoms. The summed E-state index contributed by atoms with van der Waals surface area (Å²) in [6.07, 6.45) is 3.51. The molecule has 0 aliphatic heterocycles. The molecule has 0 unspecified atom stereocenters.